The highest BCUT2D eigenvalue weighted by Crippen LogP contribution is 2.49. The first-order valence-electron chi connectivity index (χ1n) is 7.98. The van der Waals surface area contributed by atoms with Gasteiger partial charge in [0.05, 0.1) is 6.07 Å². The average Bonchev–Trinajstić information content (AvgIpc) is 3.18. The molecule has 2 saturated carbocycles. The summed E-state index contributed by atoms with van der Waals surface area (Å²) in [6, 6.07) is 1.88. The molecule has 1 N–H and O–H groups in total. The smallest absolute Gasteiger partial charge is 0.303 e. The van der Waals surface area contributed by atoms with Crippen LogP contribution in [0.3, 0.4) is 0 Å². The standard InChI is InChI=1S/C7H11N.C7H12O2/c1-7(4-5-7)3-2-6-8;1-7(4-5-7)3-2-6(8)9/h2-5H2,1H3;2-5H2,1H3,(H,8,9)/i2*3D2. The van der Waals surface area contributed by atoms with Crippen molar-refractivity contribution in [1.82, 2.24) is 0 Å². The van der Waals surface area contributed by atoms with Gasteiger partial charge in [0, 0.05) is 18.3 Å². The van der Waals surface area contributed by atoms with E-state index in [9.17, 15) is 4.79 Å². The van der Waals surface area contributed by atoms with Crippen LogP contribution in [0, 0.1) is 22.2 Å². The Kier molecular flexibility index (Phi) is 2.92. The van der Waals surface area contributed by atoms with Gasteiger partial charge in [-0.2, -0.15) is 5.26 Å². The molecule has 3 nitrogen and oxygen atoms in total. The third-order valence-corrected chi connectivity index (χ3v) is 3.26. The van der Waals surface area contributed by atoms with Gasteiger partial charge in [-0.3, -0.25) is 4.79 Å². The van der Waals surface area contributed by atoms with Crippen LogP contribution in [0.1, 0.15) is 70.6 Å². The molecule has 0 aromatic heterocycles. The second-order valence-corrected chi connectivity index (χ2v) is 5.38. The molecule has 3 heteroatoms. The minimum atomic E-state index is -1.53. The van der Waals surface area contributed by atoms with Gasteiger partial charge in [-0.25, -0.2) is 0 Å². The first kappa shape index (κ1) is 8.97. The summed E-state index contributed by atoms with van der Waals surface area (Å²) in [7, 11) is 0. The Hall–Kier alpha value is -1.04. The highest BCUT2D eigenvalue weighted by atomic mass is 16.4. The van der Waals surface area contributed by atoms with Gasteiger partial charge in [0.25, 0.3) is 0 Å². The SMILES string of the molecule is [2H]C([2H])(CC#N)C1(C)CC1.[2H]C([2H])(CC(=O)O)C1(C)CC1. The van der Waals surface area contributed by atoms with Gasteiger partial charge in [-0.15, -0.1) is 0 Å². The third kappa shape index (κ3) is 6.31. The van der Waals surface area contributed by atoms with Crippen LogP contribution in [-0.2, 0) is 4.79 Å². The predicted octanol–water partition coefficient (Wildman–Crippen LogP) is 3.74. The number of hydrogen-bond donors (Lipinski definition) is 1. The molecule has 0 spiro atoms. The number of rotatable bonds is 5. The van der Waals surface area contributed by atoms with Crippen molar-refractivity contribution in [2.24, 2.45) is 10.8 Å². The average molecular weight is 241 g/mol. The summed E-state index contributed by atoms with van der Waals surface area (Å²) in [5.74, 6) is -1.05. The molecule has 2 aliphatic carbocycles. The summed E-state index contributed by atoms with van der Waals surface area (Å²) in [5, 5.41) is 16.7. The van der Waals surface area contributed by atoms with E-state index in [0.717, 1.165) is 25.7 Å². The fourth-order valence-corrected chi connectivity index (χ4v) is 1.27. The molecule has 0 amide bonds. The number of carboxylic acids is 1. The lowest BCUT2D eigenvalue weighted by Gasteiger charge is -2.02. The molecule has 0 aliphatic heterocycles. The lowest BCUT2D eigenvalue weighted by atomic mass is 10.0. The Morgan fingerprint density at radius 3 is 2.12 bits per heavy atom. The summed E-state index contributed by atoms with van der Waals surface area (Å²) >= 11 is 0. The second-order valence-electron chi connectivity index (χ2n) is 5.38. The van der Waals surface area contributed by atoms with E-state index in [1.165, 1.54) is 0 Å². The molecule has 96 valence electrons. The van der Waals surface area contributed by atoms with Crippen LogP contribution in [0.2, 0.25) is 0 Å². The van der Waals surface area contributed by atoms with E-state index in [-0.39, 0.29) is 23.7 Å². The van der Waals surface area contributed by atoms with Crippen molar-refractivity contribution in [2.45, 2.75) is 65.1 Å². The van der Waals surface area contributed by atoms with Gasteiger partial charge in [0.2, 0.25) is 0 Å². The van der Waals surface area contributed by atoms with Crippen molar-refractivity contribution in [1.29, 1.82) is 5.26 Å². The van der Waals surface area contributed by atoms with Gasteiger partial charge in [-0.1, -0.05) is 13.8 Å². The Bertz CT molecular complexity index is 448. The summed E-state index contributed by atoms with van der Waals surface area (Å²) < 4.78 is 29.9. The summed E-state index contributed by atoms with van der Waals surface area (Å²) in [6.45, 7) is 3.71. The molecule has 0 saturated heterocycles. The van der Waals surface area contributed by atoms with Crippen molar-refractivity contribution in [3.63, 3.8) is 0 Å². The van der Waals surface area contributed by atoms with Crippen LogP contribution < -0.4 is 0 Å². The van der Waals surface area contributed by atoms with Crippen molar-refractivity contribution in [2.75, 3.05) is 0 Å². The quantitative estimate of drug-likeness (QED) is 0.797. The third-order valence-electron chi connectivity index (χ3n) is 3.26. The summed E-state index contributed by atoms with van der Waals surface area (Å²) in [4.78, 5) is 10.2. The minimum absolute atomic E-state index is 0.0312. The van der Waals surface area contributed by atoms with Crippen molar-refractivity contribution < 1.29 is 15.4 Å². The first-order valence-corrected chi connectivity index (χ1v) is 5.98. The highest BCUT2D eigenvalue weighted by molar-refractivity contribution is 5.66. The predicted molar refractivity (Wildman–Crippen MR) is 66.4 cm³/mol. The molecule has 0 aromatic carbocycles. The number of aliphatic carboxylic acids is 1. The van der Waals surface area contributed by atoms with Crippen LogP contribution in [0.15, 0.2) is 0 Å². The van der Waals surface area contributed by atoms with Gasteiger partial charge < -0.3 is 5.11 Å². The van der Waals surface area contributed by atoms with Crippen LogP contribution >= 0.6 is 0 Å². The van der Waals surface area contributed by atoms with Crippen LogP contribution in [-0.4, -0.2) is 11.1 Å². The molecule has 0 radical (unpaired) electrons. The van der Waals surface area contributed by atoms with Crippen molar-refractivity contribution >= 4 is 5.97 Å². The van der Waals surface area contributed by atoms with E-state index in [1.807, 2.05) is 13.0 Å². The molecule has 2 fully saturated rings. The molecule has 2 rings (SSSR count). The molecule has 0 bridgehead atoms. The lowest BCUT2D eigenvalue weighted by molar-refractivity contribution is -0.137. The van der Waals surface area contributed by atoms with Crippen LogP contribution in [0.25, 0.3) is 0 Å². The number of carboxylic acid groups (broad SMARTS) is 1. The van der Waals surface area contributed by atoms with Crippen molar-refractivity contribution in [3.05, 3.63) is 0 Å². The number of carbonyl (C=O) groups is 1. The van der Waals surface area contributed by atoms with Gasteiger partial charge in [-0.05, 0) is 49.3 Å². The monoisotopic (exact) mass is 241 g/mol. The zero-order valence-corrected chi connectivity index (χ0v) is 10.5. The maximum atomic E-state index is 10.2. The Morgan fingerprint density at radius 1 is 1.29 bits per heavy atom. The second kappa shape index (κ2) is 5.53. The van der Waals surface area contributed by atoms with E-state index >= 15 is 0 Å². The lowest BCUT2D eigenvalue weighted by Crippen LogP contribution is -2.00. The first-order chi connectivity index (χ1) is 9.39. The van der Waals surface area contributed by atoms with E-state index in [0.29, 0.717) is 0 Å². The molecule has 0 atom stereocenters. The molecule has 0 aromatic rings. The van der Waals surface area contributed by atoms with Gasteiger partial charge in [0.1, 0.15) is 0 Å². The van der Waals surface area contributed by atoms with E-state index in [4.69, 9.17) is 15.9 Å². The fraction of sp³-hybridized carbons (Fsp3) is 0.857. The normalized spacial score (nSPS) is 26.9. The highest BCUT2D eigenvalue weighted by Gasteiger charge is 2.37. The zero-order valence-electron chi connectivity index (χ0n) is 14.5. The Labute approximate surface area is 109 Å². The van der Waals surface area contributed by atoms with Crippen LogP contribution in [0.5, 0.6) is 0 Å². The molecule has 0 unspecified atom stereocenters. The van der Waals surface area contributed by atoms with Crippen molar-refractivity contribution in [3.8, 4) is 6.07 Å². The topological polar surface area (TPSA) is 61.1 Å². The Morgan fingerprint density at radius 2 is 1.76 bits per heavy atom. The van der Waals surface area contributed by atoms with E-state index in [2.05, 4.69) is 0 Å². The Balaban J connectivity index is 0.000000211. The van der Waals surface area contributed by atoms with E-state index < -0.39 is 18.7 Å². The largest absolute Gasteiger partial charge is 0.481 e. The molecular weight excluding hydrogens is 214 g/mol. The van der Waals surface area contributed by atoms with Gasteiger partial charge in [0.15, 0.2) is 0 Å². The zero-order chi connectivity index (χ0) is 16.5. The number of nitrogens with zero attached hydrogens (tertiary/aromatic N) is 1. The summed E-state index contributed by atoms with van der Waals surface area (Å²) in [5.41, 5.74) is -0.561. The summed E-state index contributed by atoms with van der Waals surface area (Å²) in [6.07, 6.45) is 0.359. The minimum Gasteiger partial charge on any atom is -0.481 e. The fourth-order valence-electron chi connectivity index (χ4n) is 1.27. The molecule has 17 heavy (non-hydrogen) atoms. The number of hydrogen-bond acceptors (Lipinski definition) is 2. The number of nitriles is 1. The van der Waals surface area contributed by atoms with Crippen LogP contribution in [0.4, 0.5) is 0 Å². The maximum absolute atomic E-state index is 10.2. The van der Waals surface area contributed by atoms with E-state index in [1.54, 1.807) is 6.92 Å². The van der Waals surface area contributed by atoms with Gasteiger partial charge >= 0.3 is 5.97 Å². The molecular formula is C14H23NO2. The maximum Gasteiger partial charge on any atom is 0.303 e. The molecule has 0 heterocycles. The molecule has 2 aliphatic rings.